The molecular weight excluding hydrogens is 274 g/mol. The molecule has 0 saturated carbocycles. The van der Waals surface area contributed by atoms with Crippen molar-refractivity contribution in [3.8, 4) is 11.5 Å². The van der Waals surface area contributed by atoms with E-state index in [0.717, 1.165) is 0 Å². The van der Waals surface area contributed by atoms with Gasteiger partial charge in [-0.2, -0.15) is 0 Å². The van der Waals surface area contributed by atoms with E-state index in [2.05, 4.69) is 5.32 Å². The molecule has 1 aromatic carbocycles. The number of amides is 1. The molecule has 0 bridgehead atoms. The number of benzene rings is 1. The molecule has 0 spiro atoms. The van der Waals surface area contributed by atoms with Crippen molar-refractivity contribution in [2.45, 2.75) is 19.8 Å². The third-order valence-electron chi connectivity index (χ3n) is 2.61. The van der Waals surface area contributed by atoms with E-state index < -0.39 is 0 Å². The van der Waals surface area contributed by atoms with E-state index in [1.165, 1.54) is 7.11 Å². The molecule has 1 aromatic rings. The Labute approximate surface area is 124 Å². The van der Waals surface area contributed by atoms with Crippen molar-refractivity contribution in [3.05, 3.63) is 24.3 Å². The van der Waals surface area contributed by atoms with E-state index in [-0.39, 0.29) is 18.5 Å². The van der Waals surface area contributed by atoms with Crippen molar-refractivity contribution in [2.24, 2.45) is 0 Å². The van der Waals surface area contributed by atoms with Crippen molar-refractivity contribution in [3.63, 3.8) is 0 Å². The van der Waals surface area contributed by atoms with Crippen LogP contribution in [0.3, 0.4) is 0 Å². The van der Waals surface area contributed by atoms with Gasteiger partial charge in [-0.1, -0.05) is 12.1 Å². The van der Waals surface area contributed by atoms with Crippen LogP contribution >= 0.6 is 0 Å². The Hall–Kier alpha value is -2.24. The average Bonchev–Trinajstić information content (AvgIpc) is 2.50. The fourth-order valence-electron chi connectivity index (χ4n) is 1.63. The maximum atomic E-state index is 11.6. The van der Waals surface area contributed by atoms with Crippen molar-refractivity contribution in [1.29, 1.82) is 0 Å². The zero-order chi connectivity index (χ0) is 15.5. The number of rotatable bonds is 9. The van der Waals surface area contributed by atoms with E-state index in [4.69, 9.17) is 14.2 Å². The van der Waals surface area contributed by atoms with Crippen LogP contribution in [0.4, 0.5) is 0 Å². The largest absolute Gasteiger partial charge is 0.493 e. The van der Waals surface area contributed by atoms with Crippen LogP contribution in [0.25, 0.3) is 0 Å². The predicted octanol–water partition coefficient (Wildman–Crippen LogP) is 1.53. The lowest BCUT2D eigenvalue weighted by molar-refractivity contribution is -0.143. The molecule has 1 amide bonds. The van der Waals surface area contributed by atoms with E-state index in [9.17, 15) is 9.59 Å². The first-order valence-electron chi connectivity index (χ1n) is 6.85. The van der Waals surface area contributed by atoms with Crippen LogP contribution in [0, 0.1) is 0 Å². The quantitative estimate of drug-likeness (QED) is 0.552. The fraction of sp³-hybridized carbons (Fsp3) is 0.467. The molecular formula is C15H21NO5. The van der Waals surface area contributed by atoms with Gasteiger partial charge in [0.1, 0.15) is 0 Å². The standard InChI is InChI=1S/C15H21NO5/c1-3-20-15(18)9-6-10-16-14(17)11-21-13-8-5-4-7-12(13)19-2/h4-5,7-8H,3,6,9-11H2,1-2H3,(H,16,17). The van der Waals surface area contributed by atoms with Crippen molar-refractivity contribution in [1.82, 2.24) is 5.32 Å². The Morgan fingerprint density at radius 2 is 1.90 bits per heavy atom. The molecule has 0 aliphatic carbocycles. The summed E-state index contributed by atoms with van der Waals surface area (Å²) in [4.78, 5) is 22.7. The molecule has 0 heterocycles. The molecule has 0 aromatic heterocycles. The predicted molar refractivity (Wildman–Crippen MR) is 77.4 cm³/mol. The van der Waals surface area contributed by atoms with Gasteiger partial charge in [-0.05, 0) is 25.5 Å². The van der Waals surface area contributed by atoms with E-state index in [1.54, 1.807) is 25.1 Å². The molecule has 6 heteroatoms. The van der Waals surface area contributed by atoms with Gasteiger partial charge in [0, 0.05) is 13.0 Å². The van der Waals surface area contributed by atoms with Crippen LogP contribution in [-0.2, 0) is 14.3 Å². The number of para-hydroxylation sites is 2. The lowest BCUT2D eigenvalue weighted by Crippen LogP contribution is -2.30. The Bertz CT molecular complexity index is 461. The Morgan fingerprint density at radius 1 is 1.19 bits per heavy atom. The number of hydrogen-bond acceptors (Lipinski definition) is 5. The summed E-state index contributed by atoms with van der Waals surface area (Å²) < 4.78 is 15.3. The molecule has 0 saturated heterocycles. The summed E-state index contributed by atoms with van der Waals surface area (Å²) in [6.07, 6.45) is 0.834. The molecule has 0 aliphatic heterocycles. The molecule has 0 atom stereocenters. The van der Waals surface area contributed by atoms with Gasteiger partial charge in [0.2, 0.25) is 0 Å². The smallest absolute Gasteiger partial charge is 0.305 e. The first kappa shape index (κ1) is 16.8. The van der Waals surface area contributed by atoms with Crippen LogP contribution in [0.2, 0.25) is 0 Å². The summed E-state index contributed by atoms with van der Waals surface area (Å²) in [6.45, 7) is 2.44. The summed E-state index contributed by atoms with van der Waals surface area (Å²) in [7, 11) is 1.54. The van der Waals surface area contributed by atoms with Gasteiger partial charge in [-0.25, -0.2) is 0 Å². The van der Waals surface area contributed by atoms with Gasteiger partial charge in [-0.3, -0.25) is 9.59 Å². The van der Waals surface area contributed by atoms with Crippen LogP contribution in [0.1, 0.15) is 19.8 Å². The maximum absolute atomic E-state index is 11.6. The maximum Gasteiger partial charge on any atom is 0.305 e. The number of carbonyl (C=O) groups excluding carboxylic acids is 2. The minimum atomic E-state index is -0.253. The average molecular weight is 295 g/mol. The van der Waals surface area contributed by atoms with Gasteiger partial charge in [0.15, 0.2) is 18.1 Å². The highest BCUT2D eigenvalue weighted by Crippen LogP contribution is 2.25. The van der Waals surface area contributed by atoms with Crippen LogP contribution < -0.4 is 14.8 Å². The Morgan fingerprint density at radius 3 is 2.57 bits per heavy atom. The molecule has 1 N–H and O–H groups in total. The Kier molecular flexibility index (Phi) is 7.71. The molecule has 1 rings (SSSR count). The highest BCUT2D eigenvalue weighted by atomic mass is 16.5. The molecule has 21 heavy (non-hydrogen) atoms. The molecule has 0 fully saturated rings. The van der Waals surface area contributed by atoms with Gasteiger partial charge in [-0.15, -0.1) is 0 Å². The second-order valence-electron chi connectivity index (χ2n) is 4.20. The van der Waals surface area contributed by atoms with Crippen LogP contribution in [-0.4, -0.2) is 38.7 Å². The molecule has 116 valence electrons. The minimum Gasteiger partial charge on any atom is -0.493 e. The first-order chi connectivity index (χ1) is 10.2. The second kappa shape index (κ2) is 9.63. The summed E-state index contributed by atoms with van der Waals surface area (Å²) in [5.74, 6) is 0.594. The number of nitrogens with one attached hydrogen (secondary N) is 1. The van der Waals surface area contributed by atoms with Gasteiger partial charge in [0.05, 0.1) is 13.7 Å². The van der Waals surface area contributed by atoms with E-state index in [1.807, 2.05) is 6.07 Å². The fourth-order valence-corrected chi connectivity index (χ4v) is 1.63. The first-order valence-corrected chi connectivity index (χ1v) is 6.85. The van der Waals surface area contributed by atoms with E-state index >= 15 is 0 Å². The highest BCUT2D eigenvalue weighted by Gasteiger charge is 2.07. The van der Waals surface area contributed by atoms with Gasteiger partial charge in [0.25, 0.3) is 5.91 Å². The lowest BCUT2D eigenvalue weighted by Gasteiger charge is -2.10. The molecule has 0 aliphatic rings. The highest BCUT2D eigenvalue weighted by molar-refractivity contribution is 5.77. The summed E-state index contributed by atoms with van der Waals surface area (Å²) in [5.41, 5.74) is 0. The van der Waals surface area contributed by atoms with E-state index in [0.29, 0.717) is 37.5 Å². The van der Waals surface area contributed by atoms with Crippen molar-refractivity contribution in [2.75, 3.05) is 26.9 Å². The second-order valence-corrected chi connectivity index (χ2v) is 4.20. The number of ether oxygens (including phenoxy) is 3. The number of hydrogen-bond donors (Lipinski definition) is 1. The van der Waals surface area contributed by atoms with Gasteiger partial charge >= 0.3 is 5.97 Å². The van der Waals surface area contributed by atoms with Gasteiger partial charge < -0.3 is 19.5 Å². The third-order valence-corrected chi connectivity index (χ3v) is 2.61. The number of methoxy groups -OCH3 is 1. The zero-order valence-corrected chi connectivity index (χ0v) is 12.4. The third kappa shape index (κ3) is 6.65. The topological polar surface area (TPSA) is 73.9 Å². The number of esters is 1. The number of carbonyl (C=O) groups is 2. The monoisotopic (exact) mass is 295 g/mol. The van der Waals surface area contributed by atoms with Crippen molar-refractivity contribution < 1.29 is 23.8 Å². The summed E-state index contributed by atoms with van der Waals surface area (Å²) in [5, 5.41) is 2.68. The zero-order valence-electron chi connectivity index (χ0n) is 12.4. The summed E-state index contributed by atoms with van der Waals surface area (Å²) >= 11 is 0. The van der Waals surface area contributed by atoms with Crippen LogP contribution in [0.15, 0.2) is 24.3 Å². The SMILES string of the molecule is CCOC(=O)CCCNC(=O)COc1ccccc1OC. The molecule has 0 radical (unpaired) electrons. The Balaban J connectivity index is 2.21. The minimum absolute atomic E-state index is 0.0974. The lowest BCUT2D eigenvalue weighted by atomic mass is 10.3. The normalized spacial score (nSPS) is 9.81. The molecule has 6 nitrogen and oxygen atoms in total. The van der Waals surface area contributed by atoms with Crippen molar-refractivity contribution >= 4 is 11.9 Å². The summed E-state index contributed by atoms with van der Waals surface area (Å²) in [6, 6.07) is 7.11. The molecule has 0 unspecified atom stereocenters. The van der Waals surface area contributed by atoms with Crippen LogP contribution in [0.5, 0.6) is 11.5 Å².